The fourth-order valence-corrected chi connectivity index (χ4v) is 0.774. The van der Waals surface area contributed by atoms with E-state index in [-0.39, 0.29) is 0 Å². The smallest absolute Gasteiger partial charge is 0.206 e. The summed E-state index contributed by atoms with van der Waals surface area (Å²) in [5.41, 5.74) is -1.20. The van der Waals surface area contributed by atoms with E-state index in [1.54, 1.807) is 0 Å². The summed E-state index contributed by atoms with van der Waals surface area (Å²) in [6.45, 7) is 0. The Hall–Kier alpha value is -0.250. The molecule has 70 valence electrons. The molecule has 0 unspecified atom stereocenters. The lowest BCUT2D eigenvalue weighted by Gasteiger charge is -2.14. The number of hydrogen-bond acceptors (Lipinski definition) is 0. The second-order valence-electron chi connectivity index (χ2n) is 1.62. The predicted molar refractivity (Wildman–Crippen MR) is 34.3 cm³/mol. The maximum Gasteiger partial charge on any atom is 0.358 e. The van der Waals surface area contributed by atoms with Gasteiger partial charge in [0.05, 0.1) is 0 Å². The summed E-state index contributed by atoms with van der Waals surface area (Å²) in [7, 11) is 0. The minimum absolute atomic E-state index is 0.623. The highest BCUT2D eigenvalue weighted by Crippen LogP contribution is 2.40. The molecule has 0 amide bonds. The average molecular weight is 227 g/mol. The molecular weight excluding hydrogens is 226 g/mol. The summed E-state index contributed by atoms with van der Waals surface area (Å²) < 4.78 is 59.2. The Morgan fingerprint density at radius 1 is 1.08 bits per heavy atom. The van der Waals surface area contributed by atoms with Gasteiger partial charge in [0.25, 0.3) is 0 Å². The first-order chi connectivity index (χ1) is 5.19. The fraction of sp³-hybridized carbons (Fsp3) is 0.400. The molecular formula is C5HCl2F5. The second-order valence-corrected chi connectivity index (χ2v) is 2.57. The van der Waals surface area contributed by atoms with Crippen LogP contribution in [0.1, 0.15) is 0 Å². The van der Waals surface area contributed by atoms with Crippen LogP contribution in [-0.2, 0) is 0 Å². The topological polar surface area (TPSA) is 0 Å². The van der Waals surface area contributed by atoms with E-state index in [4.69, 9.17) is 0 Å². The van der Waals surface area contributed by atoms with E-state index in [0.717, 1.165) is 5.73 Å². The molecule has 0 aliphatic heterocycles. The average Bonchev–Trinajstić information content (AvgIpc) is 1.77. The zero-order valence-electron chi connectivity index (χ0n) is 5.22. The third-order valence-corrected chi connectivity index (χ3v) is 1.14. The molecule has 0 N–H and O–H groups in total. The lowest BCUT2D eigenvalue weighted by Crippen LogP contribution is -2.23. The summed E-state index contributed by atoms with van der Waals surface area (Å²) in [6, 6.07) is 0. The molecule has 0 spiro atoms. The molecule has 0 heterocycles. The van der Waals surface area contributed by atoms with E-state index in [9.17, 15) is 22.0 Å². The first kappa shape index (κ1) is 11.8. The molecule has 0 aromatic carbocycles. The van der Waals surface area contributed by atoms with Crippen LogP contribution in [0.15, 0.2) is 17.6 Å². The maximum absolute atomic E-state index is 12.0. The fourth-order valence-electron chi connectivity index (χ4n) is 0.379. The van der Waals surface area contributed by atoms with Crippen molar-refractivity contribution in [3.63, 3.8) is 0 Å². The first-order valence-corrected chi connectivity index (χ1v) is 3.15. The maximum atomic E-state index is 12.0. The van der Waals surface area contributed by atoms with E-state index < -0.39 is 22.7 Å². The van der Waals surface area contributed by atoms with Crippen molar-refractivity contribution in [2.24, 2.45) is 0 Å². The zero-order chi connectivity index (χ0) is 9.99. The standard InChI is InChI=1S/C5HCl2F5/c6-4(9,10)3(1-2-8)5(7,11)12/h2H. The molecule has 0 fully saturated rings. The van der Waals surface area contributed by atoms with Crippen molar-refractivity contribution in [2.45, 2.75) is 10.8 Å². The number of alkyl halides is 6. The Labute approximate surface area is 74.3 Å². The zero-order valence-corrected chi connectivity index (χ0v) is 6.73. The highest BCUT2D eigenvalue weighted by atomic mass is 35.5. The molecule has 0 aromatic heterocycles. The number of rotatable bonds is 2. The molecule has 0 atom stereocenters. The monoisotopic (exact) mass is 226 g/mol. The van der Waals surface area contributed by atoms with Gasteiger partial charge in [-0.05, 0) is 23.2 Å². The van der Waals surface area contributed by atoms with Gasteiger partial charge >= 0.3 is 10.8 Å². The number of allylic oxidation sites excluding steroid dienone is 1. The Balaban J connectivity index is 5.12. The van der Waals surface area contributed by atoms with Gasteiger partial charge in [-0.1, -0.05) is 5.73 Å². The van der Waals surface area contributed by atoms with Crippen LogP contribution in [0.4, 0.5) is 22.0 Å². The Bertz CT molecular complexity index is 201. The van der Waals surface area contributed by atoms with Crippen LogP contribution in [0.3, 0.4) is 0 Å². The van der Waals surface area contributed by atoms with Crippen LogP contribution >= 0.6 is 23.2 Å². The molecule has 0 aromatic rings. The molecule has 0 aliphatic carbocycles. The molecule has 12 heavy (non-hydrogen) atoms. The summed E-state index contributed by atoms with van der Waals surface area (Å²) >= 11 is 8.36. The van der Waals surface area contributed by atoms with Crippen molar-refractivity contribution in [2.75, 3.05) is 0 Å². The number of halogens is 7. The lowest BCUT2D eigenvalue weighted by atomic mass is 10.3. The van der Waals surface area contributed by atoms with Crippen molar-refractivity contribution in [3.05, 3.63) is 17.6 Å². The molecule has 0 bridgehead atoms. The van der Waals surface area contributed by atoms with Crippen molar-refractivity contribution in [3.8, 4) is 0 Å². The van der Waals surface area contributed by atoms with Gasteiger partial charge in [0.1, 0.15) is 11.9 Å². The summed E-state index contributed by atoms with van der Waals surface area (Å²) in [5.74, 6) is 0. The van der Waals surface area contributed by atoms with Crippen molar-refractivity contribution < 1.29 is 22.0 Å². The minimum atomic E-state index is -4.42. The van der Waals surface area contributed by atoms with E-state index >= 15 is 0 Å². The highest BCUT2D eigenvalue weighted by Gasteiger charge is 2.47. The number of hydrogen-bond donors (Lipinski definition) is 0. The Kier molecular flexibility index (Phi) is 3.57. The summed E-state index contributed by atoms with van der Waals surface area (Å²) in [5, 5.41) is -8.85. The van der Waals surface area contributed by atoms with Crippen molar-refractivity contribution in [1.82, 2.24) is 0 Å². The van der Waals surface area contributed by atoms with E-state index in [2.05, 4.69) is 23.2 Å². The quantitative estimate of drug-likeness (QED) is 0.383. The van der Waals surface area contributed by atoms with E-state index in [1.807, 2.05) is 0 Å². The van der Waals surface area contributed by atoms with E-state index in [1.165, 1.54) is 0 Å². The first-order valence-electron chi connectivity index (χ1n) is 2.39. The van der Waals surface area contributed by atoms with Crippen LogP contribution in [0.25, 0.3) is 0 Å². The van der Waals surface area contributed by atoms with Gasteiger partial charge in [-0.25, -0.2) is 4.39 Å². The van der Waals surface area contributed by atoms with Crippen LogP contribution in [0, 0.1) is 0 Å². The molecule has 7 heteroatoms. The highest BCUT2D eigenvalue weighted by molar-refractivity contribution is 6.28. The minimum Gasteiger partial charge on any atom is -0.206 e. The van der Waals surface area contributed by atoms with E-state index in [0.29, 0.717) is 0 Å². The van der Waals surface area contributed by atoms with Gasteiger partial charge < -0.3 is 0 Å². The van der Waals surface area contributed by atoms with Gasteiger partial charge in [0.15, 0.2) is 0 Å². The van der Waals surface area contributed by atoms with Crippen molar-refractivity contribution in [1.29, 1.82) is 0 Å². The summed E-state index contributed by atoms with van der Waals surface area (Å²) in [4.78, 5) is 0. The van der Waals surface area contributed by atoms with Gasteiger partial charge in [0.2, 0.25) is 0 Å². The largest absolute Gasteiger partial charge is 0.358 e. The predicted octanol–water partition coefficient (Wildman–Crippen LogP) is 3.66. The molecule has 0 aliphatic rings. The molecule has 0 saturated heterocycles. The normalized spacial score (nSPS) is 12.2. The Morgan fingerprint density at radius 3 is 1.50 bits per heavy atom. The second kappa shape index (κ2) is 3.64. The van der Waals surface area contributed by atoms with Crippen molar-refractivity contribution >= 4 is 23.2 Å². The van der Waals surface area contributed by atoms with Crippen LogP contribution in [-0.4, -0.2) is 10.8 Å². The molecule has 0 saturated carbocycles. The van der Waals surface area contributed by atoms with Gasteiger partial charge in [-0.2, -0.15) is 17.6 Å². The van der Waals surface area contributed by atoms with Crippen LogP contribution in [0.5, 0.6) is 0 Å². The molecule has 0 rings (SSSR count). The SMILES string of the molecule is FC=C=C(C(F)(F)Cl)C(F)(F)Cl. The third-order valence-electron chi connectivity index (χ3n) is 0.766. The van der Waals surface area contributed by atoms with Gasteiger partial charge in [-0.3, -0.25) is 0 Å². The Morgan fingerprint density at radius 2 is 1.42 bits per heavy atom. The summed E-state index contributed by atoms with van der Waals surface area (Å²) in [6.07, 6.45) is -0.623. The lowest BCUT2D eigenvalue weighted by molar-refractivity contribution is 0.0566. The molecule has 0 radical (unpaired) electrons. The van der Waals surface area contributed by atoms with Crippen LogP contribution < -0.4 is 0 Å². The van der Waals surface area contributed by atoms with Gasteiger partial charge in [0, 0.05) is 0 Å². The van der Waals surface area contributed by atoms with Crippen LogP contribution in [0.2, 0.25) is 0 Å². The third kappa shape index (κ3) is 3.43. The van der Waals surface area contributed by atoms with Gasteiger partial charge in [-0.15, -0.1) is 0 Å². The molecule has 0 nitrogen and oxygen atoms in total.